The van der Waals surface area contributed by atoms with Crippen LogP contribution >= 0.6 is 0 Å². The molecule has 0 unspecified atom stereocenters. The molecule has 2 saturated heterocycles. The molecule has 166 valence electrons. The molecule has 1 aromatic rings. The lowest BCUT2D eigenvalue weighted by atomic mass is 10.1. The number of esters is 1. The molecule has 3 heterocycles. The number of carbonyl (C=O) groups is 1. The average Bonchev–Trinajstić information content (AvgIpc) is 3.38. The van der Waals surface area contributed by atoms with E-state index in [1.54, 1.807) is 32.9 Å². The van der Waals surface area contributed by atoms with E-state index in [2.05, 4.69) is 4.98 Å². The maximum Gasteiger partial charge on any atom is 0.508 e. The molecule has 11 heteroatoms. The van der Waals surface area contributed by atoms with E-state index < -0.39 is 47.8 Å². The highest BCUT2D eigenvalue weighted by molar-refractivity contribution is 5.90. The van der Waals surface area contributed by atoms with Crippen LogP contribution in [-0.2, 0) is 35.1 Å². The molecule has 1 aromatic carbocycles. The maximum atomic E-state index is 12.0. The van der Waals surface area contributed by atoms with Gasteiger partial charge in [-0.05, 0) is 38.5 Å². The third-order valence-corrected chi connectivity index (χ3v) is 4.95. The summed E-state index contributed by atoms with van der Waals surface area (Å²) in [5.41, 5.74) is 0.105. The zero-order valence-corrected chi connectivity index (χ0v) is 17.3. The highest BCUT2D eigenvalue weighted by atomic mass is 16.8. The Balaban J connectivity index is 1.57. The molecule has 31 heavy (non-hydrogen) atoms. The van der Waals surface area contributed by atoms with Crippen molar-refractivity contribution in [3.05, 3.63) is 40.2 Å². The van der Waals surface area contributed by atoms with Crippen LogP contribution in [0.2, 0.25) is 0 Å². The fourth-order valence-electron chi connectivity index (χ4n) is 3.64. The summed E-state index contributed by atoms with van der Waals surface area (Å²) in [4.78, 5) is 14.9. The van der Waals surface area contributed by atoms with E-state index in [1.807, 2.05) is 6.07 Å². The highest BCUT2D eigenvalue weighted by Crippen LogP contribution is 2.41. The molecule has 0 amide bonds. The van der Waals surface area contributed by atoms with Crippen LogP contribution in [0.3, 0.4) is 0 Å². The lowest BCUT2D eigenvalue weighted by Gasteiger charge is -2.25. The first kappa shape index (κ1) is 21.3. The summed E-state index contributed by atoms with van der Waals surface area (Å²) in [6.45, 7) is 5.34. The zero-order valence-electron chi connectivity index (χ0n) is 17.3. The summed E-state index contributed by atoms with van der Waals surface area (Å²) in [6, 6.07) is 5.36. The molecule has 0 bridgehead atoms. The minimum atomic E-state index is -1.18. The average molecular weight is 435 g/mol. The topological polar surface area (TPSA) is 130 Å². The van der Waals surface area contributed by atoms with E-state index in [1.165, 1.54) is 0 Å². The van der Waals surface area contributed by atoms with Crippen LogP contribution in [0, 0.1) is 5.39 Å². The molecule has 0 aliphatic carbocycles. The minimum Gasteiger partial charge on any atom is -0.503 e. The normalized spacial score (nSPS) is 28.6. The molecule has 0 aromatic heterocycles. The number of aliphatic hydroxyl groups excluding tert-OH is 1. The summed E-state index contributed by atoms with van der Waals surface area (Å²) in [5, 5.41) is 19.9. The monoisotopic (exact) mass is 435 g/mol. The molecular weight excluding hydrogens is 412 g/mol. The molecule has 11 nitrogen and oxygen atoms in total. The molecular formula is C20H23N2O9+. The Hall–Kier alpha value is -2.91. The van der Waals surface area contributed by atoms with E-state index in [0.29, 0.717) is 11.5 Å². The van der Waals surface area contributed by atoms with Crippen LogP contribution in [0.5, 0.6) is 11.5 Å². The second-order valence-corrected chi connectivity index (χ2v) is 7.54. The lowest BCUT2D eigenvalue weighted by molar-refractivity contribution is -0.217. The van der Waals surface area contributed by atoms with E-state index >= 15 is 0 Å². The summed E-state index contributed by atoms with van der Waals surface area (Å²) in [7, 11) is 0. The molecule has 4 rings (SSSR count). The third kappa shape index (κ3) is 4.15. The van der Waals surface area contributed by atoms with Gasteiger partial charge in [0.25, 0.3) is 0 Å². The standard InChI is InChI=1S/C20H22N2O9/c1-4-25-18(24)13(22-21)14(23)15-16(17-19(29-15)31-20(2,3)30-17)26-8-10-5-6-11-12(7-10)28-9-27-11/h5-7,15-17,19H,4,8-9H2,1-3H3/p+1/t15-,16+,17-,19-/m1/s1. The number of benzene rings is 1. The molecule has 0 saturated carbocycles. The molecule has 3 aliphatic rings. The van der Waals surface area contributed by atoms with E-state index in [-0.39, 0.29) is 20.0 Å². The van der Waals surface area contributed by atoms with Crippen LogP contribution in [-0.4, -0.2) is 54.9 Å². The van der Waals surface area contributed by atoms with E-state index in [9.17, 15) is 15.3 Å². The van der Waals surface area contributed by atoms with Crippen molar-refractivity contribution in [2.45, 2.75) is 57.8 Å². The molecule has 4 atom stereocenters. The summed E-state index contributed by atoms with van der Waals surface area (Å²) in [6.07, 6.45) is -3.61. The van der Waals surface area contributed by atoms with Crippen molar-refractivity contribution in [2.24, 2.45) is 0 Å². The fourth-order valence-corrected chi connectivity index (χ4v) is 3.64. The fraction of sp³-hybridized carbons (Fsp3) is 0.550. The second kappa shape index (κ2) is 8.32. The zero-order chi connectivity index (χ0) is 22.2. The number of diazo groups is 1. The number of hydrogen-bond acceptors (Lipinski definition) is 10. The molecule has 1 N–H and O–H groups in total. The molecule has 2 fully saturated rings. The number of hydrogen-bond donors (Lipinski definition) is 1. The van der Waals surface area contributed by atoms with Gasteiger partial charge < -0.3 is 38.3 Å². The van der Waals surface area contributed by atoms with Crippen LogP contribution in [0.4, 0.5) is 0 Å². The van der Waals surface area contributed by atoms with Crippen LogP contribution in [0.15, 0.2) is 29.7 Å². The van der Waals surface area contributed by atoms with Crippen molar-refractivity contribution >= 4 is 5.97 Å². The van der Waals surface area contributed by atoms with Crippen molar-refractivity contribution < 1.29 is 43.1 Å². The van der Waals surface area contributed by atoms with Crippen molar-refractivity contribution in [1.82, 2.24) is 0 Å². The van der Waals surface area contributed by atoms with Crippen LogP contribution < -0.4 is 9.47 Å². The van der Waals surface area contributed by atoms with Gasteiger partial charge in [0.2, 0.25) is 17.9 Å². The lowest BCUT2D eigenvalue weighted by Crippen LogP contribution is -2.38. The SMILES string of the molecule is CCOC(=O)/C([N+]#N)=C(\O)[C@H]1O[C@@H]2OC(C)(C)O[C@@H]2[C@H]1OCc1ccc2c(c1)OCO2. The van der Waals surface area contributed by atoms with Crippen molar-refractivity contribution in [3.8, 4) is 11.5 Å². The van der Waals surface area contributed by atoms with Crippen molar-refractivity contribution in [1.29, 1.82) is 5.39 Å². The van der Waals surface area contributed by atoms with Gasteiger partial charge in [-0.2, -0.15) is 0 Å². The van der Waals surface area contributed by atoms with Gasteiger partial charge in [0, 0.05) is 0 Å². The van der Waals surface area contributed by atoms with Gasteiger partial charge in [-0.1, -0.05) is 6.07 Å². The Labute approximate surface area is 178 Å². The first-order valence-electron chi connectivity index (χ1n) is 9.79. The number of rotatable bonds is 6. The van der Waals surface area contributed by atoms with Gasteiger partial charge in [0.15, 0.2) is 34.7 Å². The van der Waals surface area contributed by atoms with Gasteiger partial charge in [-0.15, -0.1) is 0 Å². The smallest absolute Gasteiger partial charge is 0.503 e. The van der Waals surface area contributed by atoms with E-state index in [4.69, 9.17) is 33.2 Å². The van der Waals surface area contributed by atoms with E-state index in [0.717, 1.165) is 5.56 Å². The van der Waals surface area contributed by atoms with Gasteiger partial charge in [-0.25, -0.2) is 4.79 Å². The predicted molar refractivity (Wildman–Crippen MR) is 101 cm³/mol. The van der Waals surface area contributed by atoms with Crippen LogP contribution in [0.1, 0.15) is 26.3 Å². The molecule has 3 aliphatic heterocycles. The number of fused-ring (bicyclic) bond motifs is 2. The van der Waals surface area contributed by atoms with Crippen molar-refractivity contribution in [3.63, 3.8) is 0 Å². The molecule has 0 spiro atoms. The van der Waals surface area contributed by atoms with Gasteiger partial charge in [0.05, 0.1) is 13.2 Å². The maximum absolute atomic E-state index is 12.0. The third-order valence-electron chi connectivity index (χ3n) is 4.95. The Morgan fingerprint density at radius 2 is 2.06 bits per heavy atom. The number of nitrogens with zero attached hydrogens (tertiary/aromatic N) is 2. The van der Waals surface area contributed by atoms with Gasteiger partial charge >= 0.3 is 11.7 Å². The van der Waals surface area contributed by atoms with Crippen molar-refractivity contribution in [2.75, 3.05) is 13.4 Å². The first-order valence-corrected chi connectivity index (χ1v) is 9.79. The molecule has 0 radical (unpaired) electrons. The summed E-state index contributed by atoms with van der Waals surface area (Å²) in [5.74, 6) is -1.32. The Morgan fingerprint density at radius 3 is 2.81 bits per heavy atom. The predicted octanol–water partition coefficient (Wildman–Crippen LogP) is 2.36. The second-order valence-electron chi connectivity index (χ2n) is 7.54. The Bertz CT molecular complexity index is 939. The largest absolute Gasteiger partial charge is 0.508 e. The summed E-state index contributed by atoms with van der Waals surface area (Å²) >= 11 is 0. The van der Waals surface area contributed by atoms with Gasteiger partial charge in [-0.3, -0.25) is 0 Å². The first-order chi connectivity index (χ1) is 14.8. The summed E-state index contributed by atoms with van der Waals surface area (Å²) < 4.78 is 38.9. The number of carbonyl (C=O) groups excluding carboxylic acids is 1. The van der Waals surface area contributed by atoms with Gasteiger partial charge in [0.1, 0.15) is 12.2 Å². The minimum absolute atomic E-state index is 0.0341. The Kier molecular flexibility index (Phi) is 5.72. The van der Waals surface area contributed by atoms with Crippen LogP contribution in [0.25, 0.3) is 4.98 Å². The highest BCUT2D eigenvalue weighted by Gasteiger charge is 2.58. The Morgan fingerprint density at radius 1 is 1.29 bits per heavy atom. The quantitative estimate of drug-likeness (QED) is 0.307. The number of aliphatic hydroxyl groups is 1. The number of ether oxygens (including phenoxy) is 7.